The molecule has 1 aromatic heterocycles. The predicted molar refractivity (Wildman–Crippen MR) is 70.0 cm³/mol. The first-order chi connectivity index (χ1) is 9.49. The number of benzene rings is 1. The number of nitrogens with zero attached hydrogens (tertiary/aromatic N) is 2. The van der Waals surface area contributed by atoms with Gasteiger partial charge in [0.2, 0.25) is 5.95 Å². The minimum absolute atomic E-state index is 0.130. The van der Waals surface area contributed by atoms with E-state index in [0.29, 0.717) is 5.69 Å². The highest BCUT2D eigenvalue weighted by Gasteiger charge is 2.17. The van der Waals surface area contributed by atoms with Crippen LogP contribution in [0.3, 0.4) is 0 Å². The molecule has 0 aliphatic rings. The van der Waals surface area contributed by atoms with Crippen LogP contribution in [0, 0.1) is 23.0 Å². The molecule has 0 atom stereocenters. The molecule has 1 N–H and O–H groups in total. The van der Waals surface area contributed by atoms with Crippen LogP contribution in [-0.2, 0) is 0 Å². The number of pyridine rings is 1. The lowest BCUT2D eigenvalue weighted by molar-refractivity contribution is -0.385. The molecule has 7 heteroatoms. The highest BCUT2D eigenvalue weighted by Crippen LogP contribution is 2.21. The fourth-order valence-electron chi connectivity index (χ4n) is 1.72. The molecule has 2 aromatic rings. The van der Waals surface area contributed by atoms with Gasteiger partial charge < -0.3 is 5.32 Å². The molecule has 6 nitrogen and oxygen atoms in total. The number of carbonyl (C=O) groups excluding carboxylic acids is 1. The summed E-state index contributed by atoms with van der Waals surface area (Å²) in [6.45, 7) is 1.50. The standard InChI is InChI=1S/C13H10FN3O3/c1-8-10(3-2-4-11(8)17(19)20)13(18)16-9-5-6-12(14)15-7-9/h2-7H,1H3,(H,16,18). The summed E-state index contributed by atoms with van der Waals surface area (Å²) in [4.78, 5) is 25.7. The van der Waals surface area contributed by atoms with Gasteiger partial charge in [0.1, 0.15) is 0 Å². The summed E-state index contributed by atoms with van der Waals surface area (Å²) in [6, 6.07) is 6.70. The van der Waals surface area contributed by atoms with E-state index in [-0.39, 0.29) is 16.8 Å². The third kappa shape index (κ3) is 2.77. The number of carbonyl (C=O) groups is 1. The second kappa shape index (κ2) is 5.43. The molecule has 0 bridgehead atoms. The first-order valence-electron chi connectivity index (χ1n) is 5.66. The van der Waals surface area contributed by atoms with Crippen LogP contribution in [0.15, 0.2) is 36.5 Å². The molecule has 0 aliphatic heterocycles. The van der Waals surface area contributed by atoms with Gasteiger partial charge in [-0.2, -0.15) is 4.39 Å². The van der Waals surface area contributed by atoms with Crippen LogP contribution in [0.25, 0.3) is 0 Å². The Morgan fingerprint density at radius 1 is 1.35 bits per heavy atom. The van der Waals surface area contributed by atoms with Crippen molar-refractivity contribution in [2.45, 2.75) is 6.92 Å². The van der Waals surface area contributed by atoms with E-state index in [1.54, 1.807) is 0 Å². The highest BCUT2D eigenvalue weighted by molar-refractivity contribution is 6.05. The van der Waals surface area contributed by atoms with Crippen LogP contribution in [0.5, 0.6) is 0 Å². The van der Waals surface area contributed by atoms with E-state index >= 15 is 0 Å². The van der Waals surface area contributed by atoms with Gasteiger partial charge in [0.05, 0.1) is 16.8 Å². The maximum Gasteiger partial charge on any atom is 0.273 e. The van der Waals surface area contributed by atoms with Crippen molar-refractivity contribution in [2.75, 3.05) is 5.32 Å². The van der Waals surface area contributed by atoms with E-state index in [1.807, 2.05) is 0 Å². The summed E-state index contributed by atoms with van der Waals surface area (Å²) in [6.07, 6.45) is 1.17. The smallest absolute Gasteiger partial charge is 0.273 e. The number of anilines is 1. The van der Waals surface area contributed by atoms with Gasteiger partial charge in [-0.1, -0.05) is 6.07 Å². The minimum Gasteiger partial charge on any atom is -0.321 e. The second-order valence-corrected chi connectivity index (χ2v) is 4.03. The van der Waals surface area contributed by atoms with Crippen molar-refractivity contribution < 1.29 is 14.1 Å². The van der Waals surface area contributed by atoms with Gasteiger partial charge in [0.25, 0.3) is 11.6 Å². The van der Waals surface area contributed by atoms with Gasteiger partial charge >= 0.3 is 0 Å². The zero-order valence-electron chi connectivity index (χ0n) is 10.5. The van der Waals surface area contributed by atoms with E-state index in [4.69, 9.17) is 0 Å². The third-order valence-electron chi connectivity index (χ3n) is 2.73. The molecule has 0 aliphatic carbocycles. The molecule has 0 saturated heterocycles. The number of aromatic nitrogens is 1. The van der Waals surface area contributed by atoms with Crippen LogP contribution in [0.2, 0.25) is 0 Å². The average Bonchev–Trinajstić information content (AvgIpc) is 2.41. The van der Waals surface area contributed by atoms with Gasteiger partial charge in [-0.05, 0) is 25.1 Å². The van der Waals surface area contributed by atoms with Gasteiger partial charge in [0, 0.05) is 17.2 Å². The SMILES string of the molecule is Cc1c(C(=O)Nc2ccc(F)nc2)cccc1[N+](=O)[O-]. The van der Waals surface area contributed by atoms with Crippen LogP contribution < -0.4 is 5.32 Å². The fourth-order valence-corrected chi connectivity index (χ4v) is 1.72. The molecule has 0 unspecified atom stereocenters. The van der Waals surface area contributed by atoms with Gasteiger partial charge in [-0.15, -0.1) is 0 Å². The van der Waals surface area contributed by atoms with E-state index in [9.17, 15) is 19.3 Å². The van der Waals surface area contributed by atoms with E-state index < -0.39 is 16.8 Å². The average molecular weight is 275 g/mol. The largest absolute Gasteiger partial charge is 0.321 e. The first kappa shape index (κ1) is 13.6. The Morgan fingerprint density at radius 2 is 2.10 bits per heavy atom. The molecule has 102 valence electrons. The summed E-state index contributed by atoms with van der Waals surface area (Å²) in [5, 5.41) is 13.3. The Labute approximate surface area is 113 Å². The van der Waals surface area contributed by atoms with Gasteiger partial charge in [0.15, 0.2) is 0 Å². The molecule has 1 heterocycles. The Kier molecular flexibility index (Phi) is 3.69. The van der Waals surface area contributed by atoms with E-state index in [0.717, 1.165) is 6.07 Å². The van der Waals surface area contributed by atoms with Crippen molar-refractivity contribution in [1.82, 2.24) is 4.98 Å². The topological polar surface area (TPSA) is 85.1 Å². The lowest BCUT2D eigenvalue weighted by Crippen LogP contribution is -2.14. The number of halogens is 1. The number of nitro groups is 1. The lowest BCUT2D eigenvalue weighted by atomic mass is 10.1. The molecule has 1 aromatic carbocycles. The van der Waals surface area contributed by atoms with E-state index in [1.165, 1.54) is 37.4 Å². The Bertz CT molecular complexity index is 671. The molecule has 0 fully saturated rings. The molecule has 0 spiro atoms. The Morgan fingerprint density at radius 3 is 2.70 bits per heavy atom. The van der Waals surface area contributed by atoms with E-state index in [2.05, 4.69) is 10.3 Å². The lowest BCUT2D eigenvalue weighted by Gasteiger charge is -2.07. The zero-order valence-corrected chi connectivity index (χ0v) is 10.5. The van der Waals surface area contributed by atoms with Gasteiger partial charge in [-0.3, -0.25) is 14.9 Å². The van der Waals surface area contributed by atoms with Crippen molar-refractivity contribution in [3.8, 4) is 0 Å². The third-order valence-corrected chi connectivity index (χ3v) is 2.73. The normalized spacial score (nSPS) is 10.1. The van der Waals surface area contributed by atoms with Crippen molar-refractivity contribution >= 4 is 17.3 Å². The fraction of sp³-hybridized carbons (Fsp3) is 0.0769. The first-order valence-corrected chi connectivity index (χ1v) is 5.66. The van der Waals surface area contributed by atoms with Crippen molar-refractivity contribution in [3.05, 3.63) is 63.7 Å². The van der Waals surface area contributed by atoms with Gasteiger partial charge in [-0.25, -0.2) is 4.98 Å². The van der Waals surface area contributed by atoms with Crippen molar-refractivity contribution in [3.63, 3.8) is 0 Å². The van der Waals surface area contributed by atoms with Crippen molar-refractivity contribution in [1.29, 1.82) is 0 Å². The Hall–Kier alpha value is -2.83. The van der Waals surface area contributed by atoms with Crippen molar-refractivity contribution in [2.24, 2.45) is 0 Å². The zero-order chi connectivity index (χ0) is 14.7. The molecular formula is C13H10FN3O3. The molecule has 0 radical (unpaired) electrons. The summed E-state index contributed by atoms with van der Waals surface area (Å²) in [7, 11) is 0. The summed E-state index contributed by atoms with van der Waals surface area (Å²) < 4.78 is 12.7. The number of rotatable bonds is 3. The quantitative estimate of drug-likeness (QED) is 0.530. The summed E-state index contributed by atoms with van der Waals surface area (Å²) in [5.74, 6) is -1.17. The number of amides is 1. The minimum atomic E-state index is -0.658. The number of hydrogen-bond acceptors (Lipinski definition) is 4. The highest BCUT2D eigenvalue weighted by atomic mass is 19.1. The summed E-state index contributed by atoms with van der Waals surface area (Å²) >= 11 is 0. The molecule has 2 rings (SSSR count). The Balaban J connectivity index is 2.28. The summed E-state index contributed by atoms with van der Waals surface area (Å²) in [5.41, 5.74) is 0.630. The van der Waals surface area contributed by atoms with Crippen LogP contribution in [0.1, 0.15) is 15.9 Å². The predicted octanol–water partition coefficient (Wildman–Crippen LogP) is 2.69. The number of hydrogen-bond donors (Lipinski definition) is 1. The molecular weight excluding hydrogens is 265 g/mol. The molecule has 20 heavy (non-hydrogen) atoms. The number of nitrogens with one attached hydrogen (secondary N) is 1. The maximum absolute atomic E-state index is 12.7. The number of nitro benzene ring substituents is 1. The van der Waals surface area contributed by atoms with Crippen LogP contribution in [-0.4, -0.2) is 15.8 Å². The monoisotopic (exact) mass is 275 g/mol. The second-order valence-electron chi connectivity index (χ2n) is 4.03. The van der Waals surface area contributed by atoms with Crippen LogP contribution in [0.4, 0.5) is 15.8 Å². The molecule has 0 saturated carbocycles. The maximum atomic E-state index is 12.7. The molecule has 1 amide bonds. The van der Waals surface area contributed by atoms with Crippen LogP contribution >= 0.6 is 0 Å².